The van der Waals surface area contributed by atoms with Crippen LogP contribution in [0.3, 0.4) is 0 Å². The molecule has 2 heterocycles. The Kier molecular flexibility index (Phi) is 5.42. The number of nitrogens with zero attached hydrogens (tertiary/aromatic N) is 1. The van der Waals surface area contributed by atoms with Gasteiger partial charge in [0.15, 0.2) is 0 Å². The molecule has 0 aliphatic carbocycles. The average molecular weight is 351 g/mol. The number of carbonyl (C=O) groups excluding carboxylic acids is 1. The summed E-state index contributed by atoms with van der Waals surface area (Å²) in [6, 6.07) is 6.74. The smallest absolute Gasteiger partial charge is 0.319 e. The summed E-state index contributed by atoms with van der Waals surface area (Å²) < 4.78 is 26.5. The third-order valence-corrected chi connectivity index (χ3v) is 5.06. The molecule has 1 aromatic carbocycles. The lowest BCUT2D eigenvalue weighted by Crippen LogP contribution is -2.38. The summed E-state index contributed by atoms with van der Waals surface area (Å²) in [4.78, 5) is 15.6. The first-order valence-electron chi connectivity index (χ1n) is 7.91. The molecule has 2 aromatic rings. The first kappa shape index (κ1) is 16.9. The van der Waals surface area contributed by atoms with Gasteiger partial charge in [0, 0.05) is 17.5 Å². The summed E-state index contributed by atoms with van der Waals surface area (Å²) in [7, 11) is 0. The van der Waals surface area contributed by atoms with Crippen molar-refractivity contribution in [1.82, 2.24) is 10.2 Å². The molecule has 128 valence electrons. The Morgan fingerprint density at radius 3 is 2.71 bits per heavy atom. The van der Waals surface area contributed by atoms with Crippen molar-refractivity contribution in [3.05, 3.63) is 52.2 Å². The number of likely N-dealkylation sites (tertiary alicyclic amines) is 1. The quantitative estimate of drug-likeness (QED) is 0.856. The number of hydrogen-bond acceptors (Lipinski definition) is 3. The molecule has 1 saturated heterocycles. The number of hydrogen-bond donors (Lipinski definition) is 2. The molecule has 0 bridgehead atoms. The van der Waals surface area contributed by atoms with Crippen LogP contribution in [0.2, 0.25) is 0 Å². The van der Waals surface area contributed by atoms with Crippen LogP contribution >= 0.6 is 11.3 Å². The second-order valence-corrected chi connectivity index (χ2v) is 6.71. The standard InChI is InChI=1S/C17H19F2N3OS/c18-12-5-6-14(13(19)10-12)21-17(23)20-11-15(16-4-3-9-24-16)22-7-1-2-8-22/h3-6,9-10,15H,1-2,7-8,11H2,(H2,20,21,23)/t15-/m0/s1. The normalized spacial score (nSPS) is 16.1. The van der Waals surface area contributed by atoms with Gasteiger partial charge < -0.3 is 10.6 Å². The van der Waals surface area contributed by atoms with Gasteiger partial charge in [0.25, 0.3) is 0 Å². The highest BCUT2D eigenvalue weighted by Crippen LogP contribution is 2.27. The van der Waals surface area contributed by atoms with Crippen LogP contribution in [0, 0.1) is 11.6 Å². The minimum Gasteiger partial charge on any atom is -0.336 e. The second-order valence-electron chi connectivity index (χ2n) is 5.73. The zero-order chi connectivity index (χ0) is 16.9. The van der Waals surface area contributed by atoms with E-state index in [4.69, 9.17) is 0 Å². The molecule has 1 atom stereocenters. The van der Waals surface area contributed by atoms with Crippen molar-refractivity contribution in [3.8, 4) is 0 Å². The van der Waals surface area contributed by atoms with Gasteiger partial charge in [0.05, 0.1) is 11.7 Å². The molecular formula is C17H19F2N3OS. The molecule has 1 aliphatic heterocycles. The van der Waals surface area contributed by atoms with Crippen LogP contribution < -0.4 is 10.6 Å². The summed E-state index contributed by atoms with van der Waals surface area (Å²) in [6.07, 6.45) is 2.32. The maximum Gasteiger partial charge on any atom is 0.319 e. The van der Waals surface area contributed by atoms with Crippen molar-refractivity contribution < 1.29 is 13.6 Å². The fourth-order valence-corrected chi connectivity index (χ4v) is 3.75. The second kappa shape index (κ2) is 7.72. The molecule has 0 saturated carbocycles. The van der Waals surface area contributed by atoms with Crippen molar-refractivity contribution in [2.24, 2.45) is 0 Å². The van der Waals surface area contributed by atoms with Crippen LogP contribution in [0.5, 0.6) is 0 Å². The summed E-state index contributed by atoms with van der Waals surface area (Å²) in [5, 5.41) is 7.23. The predicted octanol–water partition coefficient (Wildman–Crippen LogP) is 3.98. The molecule has 7 heteroatoms. The van der Waals surface area contributed by atoms with Gasteiger partial charge in [-0.1, -0.05) is 6.07 Å². The number of thiophene rings is 1. The molecular weight excluding hydrogens is 332 g/mol. The van der Waals surface area contributed by atoms with Gasteiger partial charge >= 0.3 is 6.03 Å². The van der Waals surface area contributed by atoms with E-state index >= 15 is 0 Å². The lowest BCUT2D eigenvalue weighted by Gasteiger charge is -2.27. The van der Waals surface area contributed by atoms with Gasteiger partial charge in [0.1, 0.15) is 11.6 Å². The molecule has 0 radical (unpaired) electrons. The molecule has 1 fully saturated rings. The Morgan fingerprint density at radius 1 is 1.25 bits per heavy atom. The van der Waals surface area contributed by atoms with Crippen LogP contribution in [0.15, 0.2) is 35.7 Å². The largest absolute Gasteiger partial charge is 0.336 e. The van der Waals surface area contributed by atoms with Crippen molar-refractivity contribution >= 4 is 23.1 Å². The molecule has 2 N–H and O–H groups in total. The Labute approximate surface area is 143 Å². The van der Waals surface area contributed by atoms with E-state index in [0.717, 1.165) is 38.1 Å². The fraction of sp³-hybridized carbons (Fsp3) is 0.353. The minimum atomic E-state index is -0.792. The summed E-state index contributed by atoms with van der Waals surface area (Å²) in [5.74, 6) is -1.47. The van der Waals surface area contributed by atoms with Crippen LogP contribution in [0.4, 0.5) is 19.3 Å². The maximum absolute atomic E-state index is 13.6. The van der Waals surface area contributed by atoms with Crippen LogP contribution in [0.1, 0.15) is 23.8 Å². The highest BCUT2D eigenvalue weighted by molar-refractivity contribution is 7.10. The van der Waals surface area contributed by atoms with Gasteiger partial charge in [-0.2, -0.15) is 0 Å². The number of urea groups is 1. The minimum absolute atomic E-state index is 0.0391. The molecule has 1 aromatic heterocycles. The van der Waals surface area contributed by atoms with E-state index in [0.29, 0.717) is 6.54 Å². The van der Waals surface area contributed by atoms with Crippen molar-refractivity contribution in [1.29, 1.82) is 0 Å². The summed E-state index contributed by atoms with van der Waals surface area (Å²) >= 11 is 1.66. The van der Waals surface area contributed by atoms with Crippen molar-refractivity contribution in [2.45, 2.75) is 18.9 Å². The Hall–Kier alpha value is -1.99. The molecule has 0 unspecified atom stereocenters. The number of rotatable bonds is 5. The van der Waals surface area contributed by atoms with Crippen LogP contribution in [0.25, 0.3) is 0 Å². The third kappa shape index (κ3) is 4.10. The third-order valence-electron chi connectivity index (χ3n) is 4.09. The number of benzene rings is 1. The highest BCUT2D eigenvalue weighted by Gasteiger charge is 2.24. The van der Waals surface area contributed by atoms with E-state index in [1.165, 1.54) is 10.9 Å². The first-order chi connectivity index (χ1) is 11.6. The molecule has 3 rings (SSSR count). The average Bonchev–Trinajstić information content (AvgIpc) is 3.24. The summed E-state index contributed by atoms with van der Waals surface area (Å²) in [5.41, 5.74) is -0.0391. The number of halogens is 2. The molecule has 4 nitrogen and oxygen atoms in total. The van der Waals surface area contributed by atoms with Crippen molar-refractivity contribution in [3.63, 3.8) is 0 Å². The van der Waals surface area contributed by atoms with E-state index in [2.05, 4.69) is 21.6 Å². The zero-order valence-corrected chi connectivity index (χ0v) is 13.9. The van der Waals surface area contributed by atoms with Gasteiger partial charge in [0.2, 0.25) is 0 Å². The van der Waals surface area contributed by atoms with Gasteiger partial charge in [-0.25, -0.2) is 13.6 Å². The van der Waals surface area contributed by atoms with E-state index in [-0.39, 0.29) is 11.7 Å². The first-order valence-corrected chi connectivity index (χ1v) is 8.79. The fourth-order valence-electron chi connectivity index (χ4n) is 2.89. The Morgan fingerprint density at radius 2 is 2.04 bits per heavy atom. The lowest BCUT2D eigenvalue weighted by molar-refractivity contribution is 0.229. The number of amides is 2. The van der Waals surface area contributed by atoms with Gasteiger partial charge in [-0.15, -0.1) is 11.3 Å². The zero-order valence-electron chi connectivity index (χ0n) is 13.1. The molecule has 1 aliphatic rings. The topological polar surface area (TPSA) is 44.4 Å². The monoisotopic (exact) mass is 351 g/mol. The van der Waals surface area contributed by atoms with E-state index in [1.54, 1.807) is 11.3 Å². The molecule has 0 spiro atoms. The molecule has 24 heavy (non-hydrogen) atoms. The number of carbonyl (C=O) groups is 1. The van der Waals surface area contributed by atoms with Gasteiger partial charge in [-0.05, 0) is 49.5 Å². The Balaban J connectivity index is 1.60. The van der Waals surface area contributed by atoms with Crippen LogP contribution in [-0.2, 0) is 0 Å². The number of nitrogens with one attached hydrogen (secondary N) is 2. The maximum atomic E-state index is 13.6. The van der Waals surface area contributed by atoms with Gasteiger partial charge in [-0.3, -0.25) is 4.90 Å². The molecule has 2 amide bonds. The summed E-state index contributed by atoms with van der Waals surface area (Å²) in [6.45, 7) is 2.46. The predicted molar refractivity (Wildman–Crippen MR) is 91.2 cm³/mol. The lowest BCUT2D eigenvalue weighted by atomic mass is 10.2. The SMILES string of the molecule is O=C(NC[C@@H](c1cccs1)N1CCCC1)Nc1ccc(F)cc1F. The van der Waals surface area contributed by atoms with Crippen LogP contribution in [-0.4, -0.2) is 30.6 Å². The van der Waals surface area contributed by atoms with E-state index < -0.39 is 17.7 Å². The Bertz CT molecular complexity index is 687. The van der Waals surface area contributed by atoms with E-state index in [1.807, 2.05) is 11.4 Å². The van der Waals surface area contributed by atoms with Crippen molar-refractivity contribution in [2.75, 3.05) is 25.0 Å². The number of anilines is 1. The highest BCUT2D eigenvalue weighted by atomic mass is 32.1. The van der Waals surface area contributed by atoms with E-state index in [9.17, 15) is 13.6 Å².